The lowest BCUT2D eigenvalue weighted by molar-refractivity contribution is -0.147. The molecule has 27 heavy (non-hydrogen) atoms. The fourth-order valence-electron chi connectivity index (χ4n) is 4.75. The molecule has 0 aromatic heterocycles. The molecule has 146 valence electrons. The largest absolute Gasteiger partial charge is 0.370 e. The van der Waals surface area contributed by atoms with Crippen LogP contribution in [0.2, 0.25) is 0 Å². The van der Waals surface area contributed by atoms with E-state index in [1.807, 2.05) is 28.0 Å². The lowest BCUT2D eigenvalue weighted by Gasteiger charge is -2.38. The Morgan fingerprint density at radius 2 is 1.44 bits per heavy atom. The van der Waals surface area contributed by atoms with Gasteiger partial charge < -0.3 is 14.5 Å². The van der Waals surface area contributed by atoms with Gasteiger partial charge in [-0.3, -0.25) is 9.59 Å². The van der Waals surface area contributed by atoms with Crippen LogP contribution in [-0.4, -0.2) is 54.4 Å². The third kappa shape index (κ3) is 4.18. The topological polar surface area (TPSA) is 49.9 Å². The smallest absolute Gasteiger partial charge is 0.225 e. The van der Waals surface area contributed by atoms with Crippen molar-refractivity contribution >= 4 is 11.8 Å². The monoisotopic (exact) mass is 370 g/mol. The second-order valence-corrected chi connectivity index (χ2v) is 8.14. The zero-order chi connectivity index (χ0) is 18.6. The van der Waals surface area contributed by atoms with Gasteiger partial charge in [0.2, 0.25) is 11.8 Å². The van der Waals surface area contributed by atoms with Crippen molar-refractivity contribution in [2.45, 2.75) is 44.6 Å². The Labute approximate surface area is 161 Å². The van der Waals surface area contributed by atoms with E-state index in [-0.39, 0.29) is 23.8 Å². The fraction of sp³-hybridized carbons (Fsp3) is 0.636. The molecule has 0 spiro atoms. The summed E-state index contributed by atoms with van der Waals surface area (Å²) in [5.74, 6) is 0.858. The molecule has 5 nitrogen and oxygen atoms in total. The number of piperidine rings is 1. The van der Waals surface area contributed by atoms with Crippen LogP contribution < -0.4 is 0 Å². The number of morpholine rings is 1. The number of carbonyl (C=O) groups excluding carboxylic acids is 2. The molecule has 3 aliphatic rings. The normalized spacial score (nSPS) is 25.0. The average Bonchev–Trinajstić information content (AvgIpc) is 3.28. The van der Waals surface area contributed by atoms with E-state index in [9.17, 15) is 9.59 Å². The molecule has 4 rings (SSSR count). The van der Waals surface area contributed by atoms with Crippen LogP contribution >= 0.6 is 0 Å². The molecule has 0 N–H and O–H groups in total. The summed E-state index contributed by atoms with van der Waals surface area (Å²) in [7, 11) is 0. The van der Waals surface area contributed by atoms with Crippen molar-refractivity contribution in [2.75, 3.05) is 32.8 Å². The van der Waals surface area contributed by atoms with Crippen LogP contribution in [-0.2, 0) is 14.3 Å². The summed E-state index contributed by atoms with van der Waals surface area (Å²) in [4.78, 5) is 29.6. The molecule has 3 fully saturated rings. The molecule has 2 amide bonds. The minimum atomic E-state index is -0.0343. The number of ether oxygens (including phenoxy) is 1. The van der Waals surface area contributed by atoms with Gasteiger partial charge in [0, 0.05) is 31.5 Å². The summed E-state index contributed by atoms with van der Waals surface area (Å²) in [6.07, 6.45) is 6.03. The van der Waals surface area contributed by atoms with Crippen molar-refractivity contribution in [2.24, 2.45) is 11.8 Å². The maximum Gasteiger partial charge on any atom is 0.225 e. The Morgan fingerprint density at radius 1 is 0.815 bits per heavy atom. The van der Waals surface area contributed by atoms with Gasteiger partial charge in [-0.2, -0.15) is 0 Å². The van der Waals surface area contributed by atoms with Gasteiger partial charge in [-0.25, -0.2) is 0 Å². The van der Waals surface area contributed by atoms with Crippen molar-refractivity contribution in [1.29, 1.82) is 0 Å². The molecular formula is C22H30N2O3. The number of rotatable bonds is 3. The van der Waals surface area contributed by atoms with Crippen molar-refractivity contribution in [3.05, 3.63) is 35.9 Å². The molecule has 1 atom stereocenters. The zero-order valence-corrected chi connectivity index (χ0v) is 16.0. The molecule has 0 bridgehead atoms. The van der Waals surface area contributed by atoms with Crippen molar-refractivity contribution in [3.8, 4) is 0 Å². The first kappa shape index (κ1) is 18.5. The van der Waals surface area contributed by atoms with Gasteiger partial charge in [-0.15, -0.1) is 0 Å². The molecule has 2 heterocycles. The van der Waals surface area contributed by atoms with E-state index < -0.39 is 0 Å². The Morgan fingerprint density at radius 3 is 2.15 bits per heavy atom. The van der Waals surface area contributed by atoms with Gasteiger partial charge in [-0.1, -0.05) is 43.2 Å². The number of likely N-dealkylation sites (tertiary alicyclic amines) is 1. The van der Waals surface area contributed by atoms with Gasteiger partial charge >= 0.3 is 0 Å². The molecule has 2 aliphatic heterocycles. The number of benzene rings is 1. The molecule has 5 heteroatoms. The predicted octanol–water partition coefficient (Wildman–Crippen LogP) is 3.02. The van der Waals surface area contributed by atoms with Crippen LogP contribution in [0.1, 0.15) is 50.2 Å². The third-order valence-electron chi connectivity index (χ3n) is 6.41. The van der Waals surface area contributed by atoms with E-state index in [0.717, 1.165) is 44.3 Å². The van der Waals surface area contributed by atoms with Gasteiger partial charge in [0.25, 0.3) is 0 Å². The highest BCUT2D eigenvalue weighted by Crippen LogP contribution is 2.30. The van der Waals surface area contributed by atoms with Crippen LogP contribution in [0, 0.1) is 11.8 Å². The van der Waals surface area contributed by atoms with E-state index in [2.05, 4.69) is 12.1 Å². The van der Waals surface area contributed by atoms with Crippen LogP contribution in [0.25, 0.3) is 0 Å². The van der Waals surface area contributed by atoms with E-state index in [1.165, 1.54) is 12.8 Å². The Hall–Kier alpha value is -1.88. The minimum Gasteiger partial charge on any atom is -0.370 e. The Balaban J connectivity index is 1.30. The van der Waals surface area contributed by atoms with Crippen LogP contribution in [0.15, 0.2) is 30.3 Å². The van der Waals surface area contributed by atoms with Gasteiger partial charge in [0.15, 0.2) is 0 Å². The Kier molecular flexibility index (Phi) is 5.77. The summed E-state index contributed by atoms with van der Waals surface area (Å²) >= 11 is 0. The van der Waals surface area contributed by atoms with Gasteiger partial charge in [0.05, 0.1) is 13.2 Å². The summed E-state index contributed by atoms with van der Waals surface area (Å²) in [6.45, 7) is 3.36. The molecule has 1 aromatic carbocycles. The number of amides is 2. The highest BCUT2D eigenvalue weighted by molar-refractivity contribution is 5.81. The first-order valence-electron chi connectivity index (χ1n) is 10.5. The molecular weight excluding hydrogens is 340 g/mol. The summed E-state index contributed by atoms with van der Waals surface area (Å²) in [5.41, 5.74) is 1.13. The number of hydrogen-bond donors (Lipinski definition) is 0. The van der Waals surface area contributed by atoms with Crippen molar-refractivity contribution < 1.29 is 14.3 Å². The standard InChI is InChI=1S/C22H30N2O3/c25-21(18-8-4-5-9-18)23-12-10-19(11-13-23)22(26)24-14-15-27-20(16-24)17-6-2-1-3-7-17/h1-3,6-7,18-20H,4-5,8-16H2/t20-/m1/s1. The highest BCUT2D eigenvalue weighted by Gasteiger charge is 2.35. The zero-order valence-electron chi connectivity index (χ0n) is 16.0. The van der Waals surface area contributed by atoms with E-state index in [0.29, 0.717) is 25.6 Å². The molecule has 1 aliphatic carbocycles. The van der Waals surface area contributed by atoms with Crippen molar-refractivity contribution in [3.63, 3.8) is 0 Å². The van der Waals surface area contributed by atoms with Gasteiger partial charge in [-0.05, 0) is 31.2 Å². The second-order valence-electron chi connectivity index (χ2n) is 8.14. The summed E-state index contributed by atoms with van der Waals surface area (Å²) in [6, 6.07) is 10.1. The summed E-state index contributed by atoms with van der Waals surface area (Å²) in [5, 5.41) is 0. The first-order valence-corrected chi connectivity index (χ1v) is 10.5. The third-order valence-corrected chi connectivity index (χ3v) is 6.41. The Bertz CT molecular complexity index is 649. The lowest BCUT2D eigenvalue weighted by Crippen LogP contribution is -2.48. The maximum absolute atomic E-state index is 13.0. The second kappa shape index (κ2) is 8.42. The maximum atomic E-state index is 13.0. The first-order chi connectivity index (χ1) is 13.2. The number of hydrogen-bond acceptors (Lipinski definition) is 3. The average molecular weight is 370 g/mol. The van der Waals surface area contributed by atoms with Gasteiger partial charge in [0.1, 0.15) is 6.10 Å². The SMILES string of the molecule is O=C(C1CCCC1)N1CCC(C(=O)N2CCO[C@@H](c3ccccc3)C2)CC1. The van der Waals surface area contributed by atoms with Crippen molar-refractivity contribution in [1.82, 2.24) is 9.80 Å². The summed E-state index contributed by atoms with van der Waals surface area (Å²) < 4.78 is 5.89. The van der Waals surface area contributed by atoms with E-state index in [4.69, 9.17) is 4.74 Å². The molecule has 1 saturated carbocycles. The minimum absolute atomic E-state index is 0.0343. The lowest BCUT2D eigenvalue weighted by atomic mass is 9.93. The quantitative estimate of drug-likeness (QED) is 0.822. The predicted molar refractivity (Wildman–Crippen MR) is 103 cm³/mol. The van der Waals surface area contributed by atoms with Crippen LogP contribution in [0.5, 0.6) is 0 Å². The molecule has 0 radical (unpaired) electrons. The van der Waals surface area contributed by atoms with Crippen LogP contribution in [0.3, 0.4) is 0 Å². The highest BCUT2D eigenvalue weighted by atomic mass is 16.5. The number of nitrogens with zero attached hydrogens (tertiary/aromatic N) is 2. The van der Waals surface area contributed by atoms with E-state index in [1.54, 1.807) is 0 Å². The molecule has 0 unspecified atom stereocenters. The number of carbonyl (C=O) groups is 2. The molecule has 1 aromatic rings. The van der Waals surface area contributed by atoms with Crippen LogP contribution in [0.4, 0.5) is 0 Å². The molecule has 2 saturated heterocycles. The van der Waals surface area contributed by atoms with E-state index >= 15 is 0 Å². The fourth-order valence-corrected chi connectivity index (χ4v) is 4.75.